The van der Waals surface area contributed by atoms with Gasteiger partial charge in [0.05, 0.1) is 37.4 Å². The van der Waals surface area contributed by atoms with Crippen LogP contribution in [0.3, 0.4) is 0 Å². The van der Waals surface area contributed by atoms with Crippen molar-refractivity contribution in [2.75, 3.05) is 20.8 Å². The van der Waals surface area contributed by atoms with Gasteiger partial charge in [-0.05, 0) is 12.8 Å². The van der Waals surface area contributed by atoms with E-state index in [4.69, 9.17) is 14.2 Å². The summed E-state index contributed by atoms with van der Waals surface area (Å²) in [6.07, 6.45) is 0. The fourth-order valence-electron chi connectivity index (χ4n) is 2.98. The van der Waals surface area contributed by atoms with Crippen molar-refractivity contribution in [1.29, 1.82) is 0 Å². The number of nitrogens with zero attached hydrogens (tertiary/aromatic N) is 1. The molecule has 0 spiro atoms. The first-order valence-corrected chi connectivity index (χ1v) is 8.64. The molecule has 1 atom stereocenters. The summed E-state index contributed by atoms with van der Waals surface area (Å²) >= 11 is 0. The standard InChI is InChI=1S/C18H23N3O7/c1-6-28-17(22)14-15(9(2)3)19-18(23)20-16(14)10-7-11(21(24)25)13(27-5)8-12(10)26-4/h7-9,16H,6H2,1-5H3,(H2,19,20,23). The van der Waals surface area contributed by atoms with Crippen LogP contribution in [0, 0.1) is 16.0 Å². The van der Waals surface area contributed by atoms with Crippen LogP contribution >= 0.6 is 0 Å². The molecule has 10 heteroatoms. The van der Waals surface area contributed by atoms with E-state index in [1.165, 1.54) is 26.4 Å². The quantitative estimate of drug-likeness (QED) is 0.413. The molecule has 0 saturated carbocycles. The second kappa shape index (κ2) is 8.59. The van der Waals surface area contributed by atoms with E-state index >= 15 is 0 Å². The highest BCUT2D eigenvalue weighted by Gasteiger charge is 2.37. The van der Waals surface area contributed by atoms with Crippen molar-refractivity contribution in [3.63, 3.8) is 0 Å². The average Bonchev–Trinajstić information content (AvgIpc) is 2.65. The lowest BCUT2D eigenvalue weighted by Crippen LogP contribution is -2.47. The molecule has 28 heavy (non-hydrogen) atoms. The first-order chi connectivity index (χ1) is 13.2. The van der Waals surface area contributed by atoms with Gasteiger partial charge in [-0.25, -0.2) is 9.59 Å². The fourth-order valence-corrected chi connectivity index (χ4v) is 2.98. The van der Waals surface area contributed by atoms with Crippen molar-refractivity contribution in [2.24, 2.45) is 5.92 Å². The zero-order valence-corrected chi connectivity index (χ0v) is 16.3. The molecule has 1 aromatic rings. The van der Waals surface area contributed by atoms with Gasteiger partial charge in [0.15, 0.2) is 0 Å². The maximum atomic E-state index is 12.7. The zero-order chi connectivity index (χ0) is 21.0. The molecular formula is C18H23N3O7. The predicted molar refractivity (Wildman–Crippen MR) is 99.1 cm³/mol. The highest BCUT2D eigenvalue weighted by Crippen LogP contribution is 2.41. The van der Waals surface area contributed by atoms with Crippen molar-refractivity contribution < 1.29 is 28.7 Å². The first kappa shape index (κ1) is 21.0. The minimum atomic E-state index is -0.996. The molecule has 2 rings (SSSR count). The number of carbonyl (C=O) groups excluding carboxylic acids is 2. The van der Waals surface area contributed by atoms with Gasteiger partial charge in [0.1, 0.15) is 5.75 Å². The summed E-state index contributed by atoms with van der Waals surface area (Å²) in [7, 11) is 2.68. The largest absolute Gasteiger partial charge is 0.496 e. The lowest BCUT2D eigenvalue weighted by molar-refractivity contribution is -0.385. The summed E-state index contributed by atoms with van der Waals surface area (Å²) in [5.74, 6) is -0.618. The second-order valence-corrected chi connectivity index (χ2v) is 6.26. The lowest BCUT2D eigenvalue weighted by Gasteiger charge is -2.31. The number of urea groups is 1. The number of nitrogens with one attached hydrogen (secondary N) is 2. The molecule has 2 amide bonds. The van der Waals surface area contributed by atoms with Crippen LogP contribution in [0.15, 0.2) is 23.4 Å². The molecule has 1 unspecified atom stereocenters. The van der Waals surface area contributed by atoms with Gasteiger partial charge in [-0.1, -0.05) is 13.8 Å². The van der Waals surface area contributed by atoms with Gasteiger partial charge in [-0.3, -0.25) is 10.1 Å². The van der Waals surface area contributed by atoms with Crippen LogP contribution in [0.2, 0.25) is 0 Å². The lowest BCUT2D eigenvalue weighted by atomic mass is 9.90. The van der Waals surface area contributed by atoms with Gasteiger partial charge in [0, 0.05) is 23.4 Å². The number of carbonyl (C=O) groups is 2. The number of hydrogen-bond acceptors (Lipinski definition) is 7. The molecule has 0 bridgehead atoms. The third-order valence-electron chi connectivity index (χ3n) is 4.21. The molecule has 10 nitrogen and oxygen atoms in total. The van der Waals surface area contributed by atoms with Crippen molar-refractivity contribution in [3.8, 4) is 11.5 Å². The van der Waals surface area contributed by atoms with Crippen LogP contribution in [-0.4, -0.2) is 37.8 Å². The average molecular weight is 393 g/mol. The van der Waals surface area contributed by atoms with E-state index in [2.05, 4.69) is 10.6 Å². The van der Waals surface area contributed by atoms with Crippen molar-refractivity contribution in [3.05, 3.63) is 39.1 Å². The molecule has 152 valence electrons. The maximum Gasteiger partial charge on any atom is 0.338 e. The second-order valence-electron chi connectivity index (χ2n) is 6.26. The Bertz CT molecular complexity index is 833. The van der Waals surface area contributed by atoms with Crippen molar-refractivity contribution >= 4 is 17.7 Å². The molecule has 1 heterocycles. The Kier molecular flexibility index (Phi) is 6.45. The molecule has 0 saturated heterocycles. The number of methoxy groups -OCH3 is 2. The Balaban J connectivity index is 2.76. The number of allylic oxidation sites excluding steroid dienone is 1. The molecule has 0 aliphatic carbocycles. The SMILES string of the molecule is CCOC(=O)C1=C(C(C)C)NC(=O)NC1c1cc([N+](=O)[O-])c(OC)cc1OC. The summed E-state index contributed by atoms with van der Waals surface area (Å²) in [5.41, 5.74) is 0.466. The summed E-state index contributed by atoms with van der Waals surface area (Å²) in [5, 5.41) is 16.7. The van der Waals surface area contributed by atoms with E-state index in [0.717, 1.165) is 0 Å². The molecule has 0 aromatic heterocycles. The normalized spacial score (nSPS) is 16.4. The number of amides is 2. The predicted octanol–water partition coefficient (Wildman–Crippen LogP) is 2.44. The number of nitro benzene ring substituents is 1. The number of rotatable bonds is 7. The molecule has 1 aliphatic heterocycles. The highest BCUT2D eigenvalue weighted by atomic mass is 16.6. The minimum Gasteiger partial charge on any atom is -0.496 e. The Morgan fingerprint density at radius 3 is 2.39 bits per heavy atom. The zero-order valence-electron chi connectivity index (χ0n) is 16.3. The van der Waals surface area contributed by atoms with Gasteiger partial charge in [-0.15, -0.1) is 0 Å². The summed E-state index contributed by atoms with van der Waals surface area (Å²) < 4.78 is 15.6. The minimum absolute atomic E-state index is 0.00314. The van der Waals surface area contributed by atoms with Crippen LogP contribution in [0.1, 0.15) is 32.4 Å². The number of benzene rings is 1. The Labute approximate surface area is 162 Å². The van der Waals surface area contributed by atoms with Gasteiger partial charge in [0.2, 0.25) is 5.75 Å². The van der Waals surface area contributed by atoms with E-state index in [1.807, 2.05) is 13.8 Å². The van der Waals surface area contributed by atoms with Crippen LogP contribution < -0.4 is 20.1 Å². The Morgan fingerprint density at radius 1 is 1.25 bits per heavy atom. The fraction of sp³-hybridized carbons (Fsp3) is 0.444. The smallest absolute Gasteiger partial charge is 0.338 e. The van der Waals surface area contributed by atoms with Crippen LogP contribution in [0.4, 0.5) is 10.5 Å². The van der Waals surface area contributed by atoms with Gasteiger partial charge in [0.25, 0.3) is 0 Å². The molecule has 1 aromatic carbocycles. The number of hydrogen-bond donors (Lipinski definition) is 2. The topological polar surface area (TPSA) is 129 Å². The first-order valence-electron chi connectivity index (χ1n) is 8.64. The van der Waals surface area contributed by atoms with E-state index in [0.29, 0.717) is 5.70 Å². The monoisotopic (exact) mass is 393 g/mol. The third-order valence-corrected chi connectivity index (χ3v) is 4.21. The van der Waals surface area contributed by atoms with Gasteiger partial charge in [-0.2, -0.15) is 0 Å². The Morgan fingerprint density at radius 2 is 1.89 bits per heavy atom. The van der Waals surface area contributed by atoms with Gasteiger partial charge >= 0.3 is 17.7 Å². The summed E-state index contributed by atoms with van der Waals surface area (Å²) in [6, 6.07) is 1.04. The summed E-state index contributed by atoms with van der Waals surface area (Å²) in [6.45, 7) is 5.42. The number of ether oxygens (including phenoxy) is 3. The third kappa shape index (κ3) is 4.00. The number of esters is 1. The molecule has 2 N–H and O–H groups in total. The summed E-state index contributed by atoms with van der Waals surface area (Å²) in [4.78, 5) is 35.7. The molecular weight excluding hydrogens is 370 g/mol. The molecule has 0 fully saturated rings. The Hall–Kier alpha value is -3.30. The van der Waals surface area contributed by atoms with E-state index in [9.17, 15) is 19.7 Å². The van der Waals surface area contributed by atoms with Crippen molar-refractivity contribution in [1.82, 2.24) is 10.6 Å². The van der Waals surface area contributed by atoms with Crippen LogP contribution in [0.5, 0.6) is 11.5 Å². The van der Waals surface area contributed by atoms with E-state index in [-0.39, 0.29) is 40.8 Å². The van der Waals surface area contributed by atoms with Crippen molar-refractivity contribution in [2.45, 2.75) is 26.8 Å². The number of nitro groups is 1. The maximum absolute atomic E-state index is 12.7. The van der Waals surface area contributed by atoms with E-state index in [1.54, 1.807) is 6.92 Å². The van der Waals surface area contributed by atoms with Crippen LogP contribution in [-0.2, 0) is 9.53 Å². The molecule has 0 radical (unpaired) electrons. The molecule has 1 aliphatic rings. The highest BCUT2D eigenvalue weighted by molar-refractivity contribution is 5.95. The van der Waals surface area contributed by atoms with Gasteiger partial charge < -0.3 is 24.8 Å². The van der Waals surface area contributed by atoms with E-state index < -0.39 is 23.0 Å². The van der Waals surface area contributed by atoms with Crippen LogP contribution in [0.25, 0.3) is 0 Å².